The second kappa shape index (κ2) is 7.47. The minimum Gasteiger partial charge on any atom is -0.480 e. The highest BCUT2D eigenvalue weighted by Gasteiger charge is 2.65. The van der Waals surface area contributed by atoms with Gasteiger partial charge in [0.05, 0.1) is 0 Å². The van der Waals surface area contributed by atoms with Crippen LogP contribution >= 0.6 is 23.2 Å². The molecule has 1 spiro atoms. The Morgan fingerprint density at radius 3 is 2.48 bits per heavy atom. The average molecular weight is 465 g/mol. The summed E-state index contributed by atoms with van der Waals surface area (Å²) < 4.78 is 14.3. The smallest absolute Gasteiger partial charge is 0.321 e. The predicted molar refractivity (Wildman–Crippen MR) is 118 cm³/mol. The van der Waals surface area contributed by atoms with Crippen LogP contribution in [-0.4, -0.2) is 29.1 Å². The number of anilines is 1. The minimum absolute atomic E-state index is 0.142. The molecular formula is C23H23Cl2FN2O3. The molecule has 2 heterocycles. The van der Waals surface area contributed by atoms with Gasteiger partial charge in [-0.05, 0) is 53.3 Å². The molecule has 2 aliphatic heterocycles. The van der Waals surface area contributed by atoms with Gasteiger partial charge in [-0.25, -0.2) is 4.39 Å². The van der Waals surface area contributed by atoms with Crippen LogP contribution in [0.5, 0.6) is 0 Å². The van der Waals surface area contributed by atoms with Crippen LogP contribution < -0.4 is 10.6 Å². The lowest BCUT2D eigenvalue weighted by Crippen LogP contribution is -2.49. The first-order chi connectivity index (χ1) is 14.4. The normalized spacial score (nSPS) is 27.4. The van der Waals surface area contributed by atoms with Crippen molar-refractivity contribution in [2.45, 2.75) is 50.6 Å². The van der Waals surface area contributed by atoms with Gasteiger partial charge in [0.25, 0.3) is 0 Å². The fourth-order valence-corrected chi connectivity index (χ4v) is 5.57. The second-order valence-corrected chi connectivity index (χ2v) is 10.4. The molecule has 8 heteroatoms. The first-order valence-corrected chi connectivity index (χ1v) is 10.8. The van der Waals surface area contributed by atoms with E-state index in [0.29, 0.717) is 28.3 Å². The van der Waals surface area contributed by atoms with E-state index in [-0.39, 0.29) is 16.3 Å². The zero-order valence-corrected chi connectivity index (χ0v) is 18.8. The monoisotopic (exact) mass is 464 g/mol. The highest BCUT2D eigenvalue weighted by molar-refractivity contribution is 6.31. The molecular weight excluding hydrogens is 442 g/mol. The number of halogens is 3. The lowest BCUT2D eigenvalue weighted by atomic mass is 9.62. The highest BCUT2D eigenvalue weighted by Crippen LogP contribution is 2.56. The zero-order chi connectivity index (χ0) is 22.7. The van der Waals surface area contributed by atoms with Crippen molar-refractivity contribution >= 4 is 40.8 Å². The number of hydrogen-bond donors (Lipinski definition) is 3. The topological polar surface area (TPSA) is 78.4 Å². The Bertz CT molecular complexity index is 1060. The maximum absolute atomic E-state index is 14.3. The fraction of sp³-hybridized carbons (Fsp3) is 0.391. The van der Waals surface area contributed by atoms with Crippen LogP contribution in [0.3, 0.4) is 0 Å². The number of aliphatic carboxylic acids is 1. The second-order valence-electron chi connectivity index (χ2n) is 9.49. The molecule has 0 aliphatic carbocycles. The molecule has 3 N–H and O–H groups in total. The lowest BCUT2D eigenvalue weighted by Gasteiger charge is -2.37. The van der Waals surface area contributed by atoms with Crippen LogP contribution in [0.25, 0.3) is 0 Å². The van der Waals surface area contributed by atoms with E-state index in [1.165, 1.54) is 12.1 Å². The zero-order valence-electron chi connectivity index (χ0n) is 17.3. The summed E-state index contributed by atoms with van der Waals surface area (Å²) in [6, 6.07) is 7.42. The maximum Gasteiger partial charge on any atom is 0.321 e. The van der Waals surface area contributed by atoms with Crippen molar-refractivity contribution in [3.05, 3.63) is 63.4 Å². The quantitative estimate of drug-likeness (QED) is 0.599. The van der Waals surface area contributed by atoms with Gasteiger partial charge < -0.3 is 10.4 Å². The molecule has 0 radical (unpaired) electrons. The number of carbonyl (C=O) groups is 2. The molecule has 4 rings (SSSR count). The van der Waals surface area contributed by atoms with Gasteiger partial charge in [-0.3, -0.25) is 14.9 Å². The number of carboxylic acids is 1. The largest absolute Gasteiger partial charge is 0.480 e. The van der Waals surface area contributed by atoms with Crippen molar-refractivity contribution in [3.63, 3.8) is 0 Å². The molecule has 0 bridgehead atoms. The standard InChI is InChI=1S/C23H23Cl2FN2O3/c1-22(2,3)10-17-23(15-5-4-12(24)9-16(15)27-21(23)31)18(19(28-17)20(29)30)11-6-13(25)8-14(26)7-11/h4-9,17-19,28H,10H2,1-3H3,(H,27,31)(H,29,30)/t17-,18-,19+,23+/m0/s1. The van der Waals surface area contributed by atoms with Crippen LogP contribution in [-0.2, 0) is 15.0 Å². The van der Waals surface area contributed by atoms with Gasteiger partial charge in [0.1, 0.15) is 17.3 Å². The number of benzene rings is 2. The number of nitrogens with one attached hydrogen (secondary N) is 2. The van der Waals surface area contributed by atoms with Gasteiger partial charge in [0.15, 0.2) is 0 Å². The van der Waals surface area contributed by atoms with Crippen molar-refractivity contribution in [2.75, 3.05) is 5.32 Å². The maximum atomic E-state index is 14.3. The number of carbonyl (C=O) groups excluding carboxylic acids is 1. The van der Waals surface area contributed by atoms with Crippen molar-refractivity contribution in [1.82, 2.24) is 5.32 Å². The lowest BCUT2D eigenvalue weighted by molar-refractivity contribution is -0.139. The molecule has 4 atom stereocenters. The number of rotatable bonds is 3. The van der Waals surface area contributed by atoms with Gasteiger partial charge in [0, 0.05) is 27.7 Å². The molecule has 2 aromatic carbocycles. The summed E-state index contributed by atoms with van der Waals surface area (Å²) in [5.74, 6) is -2.92. The van der Waals surface area contributed by atoms with Crippen LogP contribution in [0.1, 0.15) is 44.2 Å². The molecule has 31 heavy (non-hydrogen) atoms. The predicted octanol–water partition coefficient (Wildman–Crippen LogP) is 4.97. The summed E-state index contributed by atoms with van der Waals surface area (Å²) in [6.07, 6.45) is 0.520. The fourth-order valence-electron chi connectivity index (χ4n) is 5.16. The summed E-state index contributed by atoms with van der Waals surface area (Å²) in [7, 11) is 0. The molecule has 0 unspecified atom stereocenters. The van der Waals surface area contributed by atoms with Crippen molar-refractivity contribution in [1.29, 1.82) is 0 Å². The van der Waals surface area contributed by atoms with Crippen LogP contribution in [0.4, 0.5) is 10.1 Å². The molecule has 2 aliphatic rings. The summed E-state index contributed by atoms with van der Waals surface area (Å²) in [5, 5.41) is 16.8. The molecule has 1 fully saturated rings. The molecule has 5 nitrogen and oxygen atoms in total. The van der Waals surface area contributed by atoms with Gasteiger partial charge in [-0.2, -0.15) is 0 Å². The molecule has 1 amide bonds. The third-order valence-electron chi connectivity index (χ3n) is 6.13. The van der Waals surface area contributed by atoms with Crippen LogP contribution in [0, 0.1) is 11.2 Å². The first kappa shape index (κ1) is 22.1. The molecule has 0 aromatic heterocycles. The molecule has 2 aromatic rings. The van der Waals surface area contributed by atoms with E-state index in [4.69, 9.17) is 23.2 Å². The van der Waals surface area contributed by atoms with Crippen molar-refractivity contribution < 1.29 is 19.1 Å². The molecule has 1 saturated heterocycles. The average Bonchev–Trinajstić information content (AvgIpc) is 3.09. The Balaban J connectivity index is 2.02. The van der Waals surface area contributed by atoms with Crippen molar-refractivity contribution in [3.8, 4) is 0 Å². The van der Waals surface area contributed by atoms with Gasteiger partial charge in [-0.15, -0.1) is 0 Å². The minimum atomic E-state index is -1.27. The summed E-state index contributed by atoms with van der Waals surface area (Å²) >= 11 is 12.3. The van der Waals surface area contributed by atoms with E-state index in [1.807, 2.05) is 20.8 Å². The number of hydrogen-bond acceptors (Lipinski definition) is 3. The van der Waals surface area contributed by atoms with Crippen LogP contribution in [0.2, 0.25) is 10.0 Å². The summed E-state index contributed by atoms with van der Waals surface area (Å²) in [5.41, 5.74) is 0.0687. The number of fused-ring (bicyclic) bond motifs is 2. The van der Waals surface area contributed by atoms with E-state index < -0.39 is 35.2 Å². The summed E-state index contributed by atoms with van der Waals surface area (Å²) in [4.78, 5) is 26.0. The van der Waals surface area contributed by atoms with E-state index in [0.717, 1.165) is 6.07 Å². The van der Waals surface area contributed by atoms with E-state index in [9.17, 15) is 19.1 Å². The Morgan fingerprint density at radius 2 is 1.87 bits per heavy atom. The van der Waals surface area contributed by atoms with E-state index in [2.05, 4.69) is 10.6 Å². The van der Waals surface area contributed by atoms with Gasteiger partial charge in [0.2, 0.25) is 5.91 Å². The summed E-state index contributed by atoms with van der Waals surface area (Å²) in [6.45, 7) is 6.08. The Kier molecular flexibility index (Phi) is 5.31. The van der Waals surface area contributed by atoms with Crippen LogP contribution in [0.15, 0.2) is 36.4 Å². The van der Waals surface area contributed by atoms with E-state index in [1.54, 1.807) is 18.2 Å². The number of carboxylic acid groups (broad SMARTS) is 1. The molecule has 0 saturated carbocycles. The van der Waals surface area contributed by atoms with Gasteiger partial charge >= 0.3 is 5.97 Å². The SMILES string of the molecule is CC(C)(C)C[C@@H]1N[C@@H](C(=O)O)[C@H](c2cc(F)cc(Cl)c2)[C@]12C(=O)Nc1cc(Cl)ccc12. The molecule has 164 valence electrons. The van der Waals surface area contributed by atoms with E-state index >= 15 is 0 Å². The highest BCUT2D eigenvalue weighted by atomic mass is 35.5. The third-order valence-corrected chi connectivity index (χ3v) is 6.59. The Labute approximate surface area is 189 Å². The first-order valence-electron chi connectivity index (χ1n) is 10.00. The van der Waals surface area contributed by atoms with Gasteiger partial charge in [-0.1, -0.05) is 50.0 Å². The van der Waals surface area contributed by atoms with Crippen molar-refractivity contribution in [2.24, 2.45) is 5.41 Å². The Morgan fingerprint density at radius 1 is 1.16 bits per heavy atom. The third kappa shape index (κ3) is 3.60. The Hall–Kier alpha value is -2.15. The number of amides is 1.